The summed E-state index contributed by atoms with van der Waals surface area (Å²) in [5.41, 5.74) is 7.71. The van der Waals surface area contributed by atoms with E-state index in [0.717, 1.165) is 83.1 Å². The number of fused-ring (bicyclic) bond motifs is 6. The highest BCUT2D eigenvalue weighted by molar-refractivity contribution is 6.10. The van der Waals surface area contributed by atoms with Gasteiger partial charge in [0.1, 0.15) is 11.5 Å². The Morgan fingerprint density at radius 3 is 2.11 bits per heavy atom. The SMILES string of the molecule is [2H]c1c([2H])c([2H])c(C2(c3ccc4ccccc4c3)c3ccccc3-c3ccc(-c4ccc5c6c(cccc46)-c4ccccc4O5)cc32)c([2H])c1[2H]. The Balaban J connectivity index is 1.32. The Morgan fingerprint density at radius 1 is 0.457 bits per heavy atom. The van der Waals surface area contributed by atoms with Crippen LogP contribution < -0.4 is 4.74 Å². The van der Waals surface area contributed by atoms with Crippen LogP contribution in [0.4, 0.5) is 0 Å². The molecule has 46 heavy (non-hydrogen) atoms. The predicted molar refractivity (Wildman–Crippen MR) is 190 cm³/mol. The molecule has 8 aromatic rings. The van der Waals surface area contributed by atoms with Crippen molar-refractivity contribution in [2.75, 3.05) is 0 Å². The van der Waals surface area contributed by atoms with Gasteiger partial charge in [-0.05, 0) is 90.5 Å². The zero-order chi connectivity index (χ0) is 34.6. The summed E-state index contributed by atoms with van der Waals surface area (Å²) >= 11 is 0. The third kappa shape index (κ3) is 3.40. The van der Waals surface area contributed by atoms with E-state index in [0.29, 0.717) is 0 Å². The first-order valence-electron chi connectivity index (χ1n) is 18.0. The van der Waals surface area contributed by atoms with Crippen molar-refractivity contribution in [1.82, 2.24) is 0 Å². The van der Waals surface area contributed by atoms with Gasteiger partial charge in [-0.2, -0.15) is 0 Å². The average Bonchev–Trinajstić information content (AvgIpc) is 3.46. The van der Waals surface area contributed by atoms with Crippen LogP contribution >= 0.6 is 0 Å². The fourth-order valence-electron chi connectivity index (χ4n) is 7.86. The molecule has 0 radical (unpaired) electrons. The Hall–Kier alpha value is -5.92. The van der Waals surface area contributed by atoms with Crippen LogP contribution in [0.1, 0.15) is 29.1 Å². The van der Waals surface area contributed by atoms with Crippen molar-refractivity contribution in [2.24, 2.45) is 0 Å². The van der Waals surface area contributed by atoms with E-state index < -0.39 is 11.5 Å². The summed E-state index contributed by atoms with van der Waals surface area (Å²) in [6.07, 6.45) is 0. The lowest BCUT2D eigenvalue weighted by Crippen LogP contribution is -2.28. The molecular weight excluding hydrogens is 556 g/mol. The Morgan fingerprint density at radius 2 is 1.20 bits per heavy atom. The molecule has 1 unspecified atom stereocenters. The van der Waals surface area contributed by atoms with Crippen molar-refractivity contribution in [3.05, 3.63) is 192 Å². The third-order valence-corrected chi connectivity index (χ3v) is 9.81. The lowest BCUT2D eigenvalue weighted by molar-refractivity contribution is 0.487. The smallest absolute Gasteiger partial charge is 0.135 e. The van der Waals surface area contributed by atoms with E-state index in [1.807, 2.05) is 54.6 Å². The van der Waals surface area contributed by atoms with Gasteiger partial charge >= 0.3 is 0 Å². The van der Waals surface area contributed by atoms with Crippen LogP contribution in [0.2, 0.25) is 0 Å². The first kappa shape index (κ1) is 20.9. The molecule has 0 bridgehead atoms. The first-order chi connectivity index (χ1) is 24.9. The van der Waals surface area contributed by atoms with E-state index in [-0.39, 0.29) is 29.7 Å². The molecule has 1 aliphatic heterocycles. The molecule has 8 aromatic carbocycles. The molecule has 0 N–H and O–H groups in total. The number of para-hydroxylation sites is 1. The minimum Gasteiger partial charge on any atom is -0.456 e. The summed E-state index contributed by atoms with van der Waals surface area (Å²) in [5.74, 6) is 1.64. The van der Waals surface area contributed by atoms with Gasteiger partial charge in [0.2, 0.25) is 0 Å². The molecule has 0 amide bonds. The third-order valence-electron chi connectivity index (χ3n) is 9.81. The fraction of sp³-hybridized carbons (Fsp3) is 0.0222. The van der Waals surface area contributed by atoms with Crippen LogP contribution in [0.25, 0.3) is 54.9 Å². The largest absolute Gasteiger partial charge is 0.456 e. The molecule has 1 heterocycles. The minimum absolute atomic E-state index is 0.209. The zero-order valence-corrected chi connectivity index (χ0v) is 24.7. The van der Waals surface area contributed by atoms with Crippen molar-refractivity contribution >= 4 is 21.5 Å². The van der Waals surface area contributed by atoms with Gasteiger partial charge in [-0.25, -0.2) is 0 Å². The summed E-state index contributed by atoms with van der Waals surface area (Å²) in [7, 11) is 0. The molecule has 2 aliphatic rings. The molecule has 1 atom stereocenters. The van der Waals surface area contributed by atoms with Crippen LogP contribution in [0.5, 0.6) is 11.5 Å². The lowest BCUT2D eigenvalue weighted by atomic mass is 9.67. The Kier molecular flexibility index (Phi) is 4.34. The van der Waals surface area contributed by atoms with Crippen molar-refractivity contribution < 1.29 is 11.6 Å². The van der Waals surface area contributed by atoms with E-state index in [1.165, 1.54) is 0 Å². The molecule has 1 heteroatoms. The van der Waals surface area contributed by atoms with Crippen LogP contribution in [-0.2, 0) is 5.41 Å². The van der Waals surface area contributed by atoms with Gasteiger partial charge in [-0.15, -0.1) is 0 Å². The molecule has 0 saturated heterocycles. The molecule has 0 saturated carbocycles. The summed E-state index contributed by atoms with van der Waals surface area (Å²) in [6, 6.07) is 45.9. The average molecular weight is 590 g/mol. The van der Waals surface area contributed by atoms with Gasteiger partial charge in [0.15, 0.2) is 0 Å². The Labute approximate surface area is 275 Å². The topological polar surface area (TPSA) is 9.23 Å². The minimum atomic E-state index is -1.21. The van der Waals surface area contributed by atoms with E-state index in [2.05, 4.69) is 84.9 Å². The second-order valence-corrected chi connectivity index (χ2v) is 12.1. The maximum Gasteiger partial charge on any atom is 0.135 e. The predicted octanol–water partition coefficient (Wildman–Crippen LogP) is 11.8. The van der Waals surface area contributed by atoms with E-state index in [4.69, 9.17) is 8.85 Å². The maximum absolute atomic E-state index is 9.39. The quantitative estimate of drug-likeness (QED) is 0.199. The maximum atomic E-state index is 9.39. The number of ether oxygens (including phenoxy) is 1. The summed E-state index contributed by atoms with van der Waals surface area (Å²) < 4.78 is 51.3. The highest BCUT2D eigenvalue weighted by atomic mass is 16.5. The standard InChI is InChI=1S/C45H28O/c1-2-13-32(14-3-1)45(33-23-21-29-11-4-5-12-30(29)27-33)40-19-8-6-15-35(40)36-24-22-31(28-41(36)45)34-25-26-43-44-38(34)17-10-18-39(44)37-16-7-9-20-42(37)46-43/h1-28H/i1D,2D,3D,13D,14D. The molecule has 1 aliphatic carbocycles. The van der Waals surface area contributed by atoms with Gasteiger partial charge < -0.3 is 4.74 Å². The van der Waals surface area contributed by atoms with Gasteiger partial charge in [-0.3, -0.25) is 0 Å². The van der Waals surface area contributed by atoms with E-state index in [1.54, 1.807) is 0 Å². The molecule has 214 valence electrons. The van der Waals surface area contributed by atoms with Crippen LogP contribution in [0, 0.1) is 0 Å². The first-order valence-corrected chi connectivity index (χ1v) is 15.5. The van der Waals surface area contributed by atoms with Crippen LogP contribution in [-0.4, -0.2) is 0 Å². The second-order valence-electron chi connectivity index (χ2n) is 12.1. The molecular formula is C45H28O. The lowest BCUT2D eigenvalue weighted by Gasteiger charge is -2.34. The van der Waals surface area contributed by atoms with Crippen molar-refractivity contribution in [3.8, 4) is 44.9 Å². The second kappa shape index (κ2) is 9.54. The number of hydrogen-bond acceptors (Lipinski definition) is 1. The summed E-state index contributed by atoms with van der Waals surface area (Å²) in [4.78, 5) is 0. The van der Waals surface area contributed by atoms with Crippen molar-refractivity contribution in [1.29, 1.82) is 0 Å². The fourth-order valence-corrected chi connectivity index (χ4v) is 7.86. The summed E-state index contributed by atoms with van der Waals surface area (Å²) in [6.45, 7) is 0. The van der Waals surface area contributed by atoms with Crippen LogP contribution in [0.15, 0.2) is 170 Å². The van der Waals surface area contributed by atoms with Crippen LogP contribution in [0.3, 0.4) is 0 Å². The van der Waals surface area contributed by atoms with E-state index in [9.17, 15) is 2.74 Å². The Bertz CT molecular complexity index is 2780. The number of rotatable bonds is 3. The number of benzene rings is 8. The van der Waals surface area contributed by atoms with E-state index >= 15 is 0 Å². The monoisotopic (exact) mass is 589 g/mol. The van der Waals surface area contributed by atoms with Gasteiger partial charge in [-0.1, -0.05) is 145 Å². The van der Waals surface area contributed by atoms with Crippen molar-refractivity contribution in [2.45, 2.75) is 5.41 Å². The van der Waals surface area contributed by atoms with Gasteiger partial charge in [0.05, 0.1) is 12.3 Å². The molecule has 0 fully saturated rings. The molecule has 0 aromatic heterocycles. The number of hydrogen-bond donors (Lipinski definition) is 0. The molecule has 10 rings (SSSR count). The highest BCUT2D eigenvalue weighted by Gasteiger charge is 2.46. The van der Waals surface area contributed by atoms with Crippen molar-refractivity contribution in [3.63, 3.8) is 0 Å². The van der Waals surface area contributed by atoms with Gasteiger partial charge in [0.25, 0.3) is 0 Å². The molecule has 0 spiro atoms. The summed E-state index contributed by atoms with van der Waals surface area (Å²) in [5, 5.41) is 4.16. The molecule has 1 nitrogen and oxygen atoms in total. The zero-order valence-electron chi connectivity index (χ0n) is 29.7. The normalized spacial score (nSPS) is 17.2. The highest BCUT2D eigenvalue weighted by Crippen LogP contribution is 2.57. The van der Waals surface area contributed by atoms with Gasteiger partial charge in [0, 0.05) is 10.9 Å².